The van der Waals surface area contributed by atoms with Crippen molar-refractivity contribution in [2.45, 2.75) is 24.6 Å². The summed E-state index contributed by atoms with van der Waals surface area (Å²) in [6, 6.07) is 3.19. The zero-order chi connectivity index (χ0) is 32.0. The number of carbonyl (C=O) groups is 3. The number of hydrogen-bond donors (Lipinski definition) is 6. The molecule has 16 heteroatoms. The number of alkyl halides is 1. The fraction of sp³-hybridized carbons (Fsp3) is 0.357. The van der Waals surface area contributed by atoms with E-state index in [0.717, 1.165) is 10.9 Å². The molecule has 2 aromatic rings. The van der Waals surface area contributed by atoms with Crippen LogP contribution in [0.3, 0.4) is 0 Å². The number of likely N-dealkylation sites (tertiary alicyclic amines) is 1. The number of nitrogens with zero attached hydrogens (tertiary/aromatic N) is 5. The Morgan fingerprint density at radius 1 is 1.34 bits per heavy atom. The Morgan fingerprint density at radius 2 is 2.11 bits per heavy atom. The second-order valence-corrected chi connectivity index (χ2v) is 10.8. The van der Waals surface area contributed by atoms with Gasteiger partial charge in [-0.05, 0) is 29.7 Å². The second kappa shape index (κ2) is 14.4. The standard InChI is InChI=1S/C28H31Cl2N9O5/c1-2-15-11-38(26(42)16-3-4-17-9-35-37-21(17)7-16)6-5-18(15)24(30)19(8-29)25(41)36-22(27(43)44)10-33-28(34-14-31)39-12-20(32)23(40)13-39/h2-4,7,9,20,22-23,40H,1,5-6,8,10-13,32H2,(H,33,34)(H,35,37)(H,36,41)(H,43,44)/b24-19-/t20-,22-,23+/m0/s1. The monoisotopic (exact) mass is 643 g/mol. The number of aromatic amines is 1. The third-order valence-electron chi connectivity index (χ3n) is 7.37. The number of aliphatic imine (C=N–C) groups is 1. The van der Waals surface area contributed by atoms with Crippen molar-refractivity contribution in [2.75, 3.05) is 38.6 Å². The first-order valence-corrected chi connectivity index (χ1v) is 14.4. The fourth-order valence-corrected chi connectivity index (χ4v) is 5.61. The molecule has 232 valence electrons. The summed E-state index contributed by atoms with van der Waals surface area (Å²) in [5.41, 5.74) is 8.16. The van der Waals surface area contributed by atoms with Crippen molar-refractivity contribution in [3.8, 4) is 6.19 Å². The van der Waals surface area contributed by atoms with Crippen LogP contribution in [-0.2, 0) is 9.59 Å². The molecule has 0 aliphatic carbocycles. The van der Waals surface area contributed by atoms with Gasteiger partial charge in [-0.3, -0.25) is 20.0 Å². The Morgan fingerprint density at radius 3 is 2.75 bits per heavy atom. The molecule has 1 aromatic carbocycles. The molecule has 44 heavy (non-hydrogen) atoms. The van der Waals surface area contributed by atoms with E-state index in [4.69, 9.17) is 34.2 Å². The van der Waals surface area contributed by atoms with Gasteiger partial charge in [-0.15, -0.1) is 11.6 Å². The third-order valence-corrected chi connectivity index (χ3v) is 8.09. The normalized spacial score (nSPS) is 20.2. The number of guanidine groups is 1. The van der Waals surface area contributed by atoms with E-state index in [9.17, 15) is 24.6 Å². The summed E-state index contributed by atoms with van der Waals surface area (Å²) in [7, 11) is 0. The van der Waals surface area contributed by atoms with Crippen molar-refractivity contribution in [3.05, 3.63) is 64.4 Å². The number of aliphatic hydroxyl groups excluding tert-OH is 1. The first-order valence-electron chi connectivity index (χ1n) is 13.5. The maximum absolute atomic E-state index is 13.2. The Bertz CT molecular complexity index is 1580. The number of carbonyl (C=O) groups excluding carboxylic acids is 2. The van der Waals surface area contributed by atoms with Gasteiger partial charge in [0.15, 0.2) is 6.19 Å². The van der Waals surface area contributed by atoms with Crippen LogP contribution in [0, 0.1) is 11.5 Å². The summed E-state index contributed by atoms with van der Waals surface area (Å²) in [5, 5.41) is 41.3. The first kappa shape index (κ1) is 32.5. The van der Waals surface area contributed by atoms with Gasteiger partial charge in [-0.2, -0.15) is 10.4 Å². The number of aliphatic carboxylic acids is 1. The van der Waals surface area contributed by atoms with E-state index in [-0.39, 0.29) is 48.0 Å². The number of H-pyrrole nitrogens is 1. The maximum Gasteiger partial charge on any atom is 0.328 e. The maximum atomic E-state index is 13.2. The van der Waals surface area contributed by atoms with Crippen molar-refractivity contribution >= 4 is 57.8 Å². The Balaban J connectivity index is 1.50. The fourth-order valence-electron chi connectivity index (χ4n) is 4.92. The summed E-state index contributed by atoms with van der Waals surface area (Å²) in [5.74, 6) is -2.71. The van der Waals surface area contributed by atoms with E-state index in [1.165, 1.54) is 4.90 Å². The van der Waals surface area contributed by atoms with Gasteiger partial charge in [0.2, 0.25) is 5.96 Å². The highest BCUT2D eigenvalue weighted by Gasteiger charge is 2.32. The SMILES string of the molecule is C=CC1=C(/C(Cl)=C(\CCl)C(=O)N[C@@H](CN=C(NC#N)N2C[C@@H](O)[C@@H](N)C2)C(=O)O)CCN(C(=O)c2ccc3cn[nH]c3c2)C1. The van der Waals surface area contributed by atoms with E-state index >= 15 is 0 Å². The van der Waals surface area contributed by atoms with Gasteiger partial charge in [0.05, 0.1) is 40.8 Å². The van der Waals surface area contributed by atoms with Gasteiger partial charge in [-0.25, -0.2) is 9.79 Å². The molecule has 0 bridgehead atoms. The van der Waals surface area contributed by atoms with E-state index < -0.39 is 36.6 Å². The molecule has 1 aromatic heterocycles. The summed E-state index contributed by atoms with van der Waals surface area (Å²) in [6.07, 6.45) is 4.39. The second-order valence-electron chi connectivity index (χ2n) is 10.2. The number of aliphatic hydroxyl groups is 1. The number of nitriles is 1. The van der Waals surface area contributed by atoms with Crippen LogP contribution in [0.4, 0.5) is 0 Å². The molecule has 2 aliphatic rings. The molecule has 0 unspecified atom stereocenters. The number of carboxylic acids is 1. The lowest BCUT2D eigenvalue weighted by Crippen LogP contribution is -2.45. The molecule has 1 fully saturated rings. The van der Waals surface area contributed by atoms with E-state index in [0.29, 0.717) is 29.7 Å². The van der Waals surface area contributed by atoms with Crippen LogP contribution >= 0.6 is 23.2 Å². The van der Waals surface area contributed by atoms with Gasteiger partial charge in [-0.1, -0.05) is 30.3 Å². The molecule has 0 spiro atoms. The molecule has 0 saturated carbocycles. The predicted molar refractivity (Wildman–Crippen MR) is 164 cm³/mol. The number of allylic oxidation sites excluding steroid dienone is 1. The highest BCUT2D eigenvalue weighted by Crippen LogP contribution is 2.31. The van der Waals surface area contributed by atoms with Crippen molar-refractivity contribution < 1.29 is 24.6 Å². The molecule has 2 amide bonds. The highest BCUT2D eigenvalue weighted by atomic mass is 35.5. The zero-order valence-corrected chi connectivity index (χ0v) is 25.0. The van der Waals surface area contributed by atoms with Crippen LogP contribution in [0.25, 0.3) is 10.9 Å². The number of fused-ring (bicyclic) bond motifs is 1. The molecular weight excluding hydrogens is 613 g/mol. The van der Waals surface area contributed by atoms with Crippen LogP contribution in [0.5, 0.6) is 0 Å². The molecular formula is C28H31Cl2N9O5. The molecule has 14 nitrogen and oxygen atoms in total. The quantitative estimate of drug-likeness (QED) is 0.0559. The average molecular weight is 645 g/mol. The van der Waals surface area contributed by atoms with Crippen LogP contribution in [0.1, 0.15) is 16.8 Å². The lowest BCUT2D eigenvalue weighted by Gasteiger charge is -2.30. The molecule has 2 aliphatic heterocycles. The van der Waals surface area contributed by atoms with Crippen LogP contribution in [0.15, 0.2) is 63.8 Å². The number of aromatic nitrogens is 2. The molecule has 3 heterocycles. The summed E-state index contributed by atoms with van der Waals surface area (Å²) < 4.78 is 0. The zero-order valence-electron chi connectivity index (χ0n) is 23.5. The van der Waals surface area contributed by atoms with Crippen LogP contribution in [-0.4, -0.2) is 111 Å². The highest BCUT2D eigenvalue weighted by molar-refractivity contribution is 6.36. The topological polar surface area (TPSA) is 213 Å². The number of rotatable bonds is 9. The summed E-state index contributed by atoms with van der Waals surface area (Å²) in [6.45, 7) is 4.17. The number of nitrogens with two attached hydrogens (primary N) is 1. The smallest absolute Gasteiger partial charge is 0.328 e. The lowest BCUT2D eigenvalue weighted by molar-refractivity contribution is -0.141. The number of hydrogen-bond acceptors (Lipinski definition) is 8. The third kappa shape index (κ3) is 7.20. The molecule has 7 N–H and O–H groups in total. The minimum Gasteiger partial charge on any atom is -0.480 e. The minimum atomic E-state index is -1.50. The molecule has 3 atom stereocenters. The van der Waals surface area contributed by atoms with E-state index in [1.54, 1.807) is 41.6 Å². The average Bonchev–Trinajstić information content (AvgIpc) is 3.62. The molecule has 0 radical (unpaired) electrons. The number of nitrogens with one attached hydrogen (secondary N) is 3. The van der Waals surface area contributed by atoms with Crippen LogP contribution < -0.4 is 16.4 Å². The molecule has 4 rings (SSSR count). The van der Waals surface area contributed by atoms with Gasteiger partial charge >= 0.3 is 5.97 Å². The number of amides is 2. The van der Waals surface area contributed by atoms with Gasteiger partial charge in [0, 0.05) is 43.2 Å². The number of carboxylic acid groups (broad SMARTS) is 1. The number of benzene rings is 1. The first-order chi connectivity index (χ1) is 21.1. The molecule has 1 saturated heterocycles. The Labute approximate surface area is 262 Å². The van der Waals surface area contributed by atoms with Gasteiger partial charge in [0.25, 0.3) is 11.8 Å². The van der Waals surface area contributed by atoms with Crippen LogP contribution in [0.2, 0.25) is 0 Å². The van der Waals surface area contributed by atoms with Crippen molar-refractivity contribution in [1.82, 2.24) is 30.6 Å². The van der Waals surface area contributed by atoms with Crippen molar-refractivity contribution in [2.24, 2.45) is 10.7 Å². The Kier molecular flexibility index (Phi) is 10.6. The lowest BCUT2D eigenvalue weighted by atomic mass is 9.96. The van der Waals surface area contributed by atoms with Gasteiger partial charge in [0.1, 0.15) is 6.04 Å². The Hall–Kier alpha value is -4.42. The van der Waals surface area contributed by atoms with E-state index in [2.05, 4.69) is 32.4 Å². The van der Waals surface area contributed by atoms with E-state index in [1.807, 2.05) is 0 Å². The van der Waals surface area contributed by atoms with Crippen molar-refractivity contribution in [3.63, 3.8) is 0 Å². The summed E-state index contributed by atoms with van der Waals surface area (Å²) >= 11 is 12.8. The summed E-state index contributed by atoms with van der Waals surface area (Å²) in [4.78, 5) is 45.8. The number of halogens is 2. The minimum absolute atomic E-state index is 0.0118. The largest absolute Gasteiger partial charge is 0.480 e. The number of β-amino-alcohol motifs (C(OH)–C–C–N with tert-alkyl or cyclic N) is 1. The van der Waals surface area contributed by atoms with Gasteiger partial charge < -0.3 is 31.1 Å². The predicted octanol–water partition coefficient (Wildman–Crippen LogP) is 0.623. The van der Waals surface area contributed by atoms with Crippen molar-refractivity contribution in [1.29, 1.82) is 5.26 Å².